The van der Waals surface area contributed by atoms with Gasteiger partial charge in [0.2, 0.25) is 0 Å². The molecule has 1 amide bonds. The third kappa shape index (κ3) is 2.37. The molecular formula is C9H12N2O2. The summed E-state index contributed by atoms with van der Waals surface area (Å²) in [6.07, 6.45) is -1.03. The standard InChI is InChI=1S/C9H12N2O2/c1-6-7(5-11-9(12)13)3-2-4-8(6)10/h2-4,11H,5,10H2,1H3,(H,12,13). The van der Waals surface area contributed by atoms with E-state index in [1.807, 2.05) is 13.0 Å². The molecule has 4 N–H and O–H groups in total. The zero-order chi connectivity index (χ0) is 9.84. The van der Waals surface area contributed by atoms with Crippen LogP contribution in [0.1, 0.15) is 11.1 Å². The van der Waals surface area contributed by atoms with Crippen LogP contribution in [0.25, 0.3) is 0 Å². The number of hydrogen-bond acceptors (Lipinski definition) is 2. The maximum atomic E-state index is 10.2. The monoisotopic (exact) mass is 180 g/mol. The summed E-state index contributed by atoms with van der Waals surface area (Å²) in [6, 6.07) is 5.45. The number of carbonyl (C=O) groups is 1. The number of hydrogen-bond donors (Lipinski definition) is 3. The Morgan fingerprint density at radius 2 is 2.31 bits per heavy atom. The van der Waals surface area contributed by atoms with Crippen LogP contribution in [0.3, 0.4) is 0 Å². The minimum Gasteiger partial charge on any atom is -0.465 e. The van der Waals surface area contributed by atoms with Gasteiger partial charge >= 0.3 is 6.09 Å². The fraction of sp³-hybridized carbons (Fsp3) is 0.222. The van der Waals surface area contributed by atoms with E-state index in [0.717, 1.165) is 11.1 Å². The van der Waals surface area contributed by atoms with Crippen molar-refractivity contribution < 1.29 is 9.90 Å². The quantitative estimate of drug-likeness (QED) is 0.601. The smallest absolute Gasteiger partial charge is 0.404 e. The van der Waals surface area contributed by atoms with E-state index >= 15 is 0 Å². The number of nitrogens with one attached hydrogen (secondary N) is 1. The average molecular weight is 180 g/mol. The Hall–Kier alpha value is -1.71. The molecule has 0 radical (unpaired) electrons. The number of amides is 1. The van der Waals surface area contributed by atoms with Gasteiger partial charge in [-0.05, 0) is 24.1 Å². The van der Waals surface area contributed by atoms with Crippen molar-refractivity contribution in [3.63, 3.8) is 0 Å². The van der Waals surface area contributed by atoms with Crippen molar-refractivity contribution in [3.05, 3.63) is 29.3 Å². The predicted molar refractivity (Wildman–Crippen MR) is 50.5 cm³/mol. The normalized spacial score (nSPS) is 9.62. The van der Waals surface area contributed by atoms with Gasteiger partial charge < -0.3 is 16.2 Å². The van der Waals surface area contributed by atoms with Crippen LogP contribution in [0, 0.1) is 6.92 Å². The second kappa shape index (κ2) is 3.80. The molecule has 0 spiro atoms. The molecule has 13 heavy (non-hydrogen) atoms. The first-order valence-corrected chi connectivity index (χ1v) is 3.92. The molecule has 4 heteroatoms. The van der Waals surface area contributed by atoms with Gasteiger partial charge in [0, 0.05) is 12.2 Å². The van der Waals surface area contributed by atoms with E-state index in [9.17, 15) is 4.79 Å². The lowest BCUT2D eigenvalue weighted by Crippen LogP contribution is -2.20. The number of rotatable bonds is 2. The molecule has 0 fully saturated rings. The molecule has 0 saturated heterocycles. The lowest BCUT2D eigenvalue weighted by Gasteiger charge is -2.07. The Labute approximate surface area is 76.4 Å². The summed E-state index contributed by atoms with van der Waals surface area (Å²) in [5.41, 5.74) is 8.17. The highest BCUT2D eigenvalue weighted by atomic mass is 16.4. The van der Waals surface area contributed by atoms with Crippen LogP contribution in [-0.4, -0.2) is 11.2 Å². The number of benzene rings is 1. The SMILES string of the molecule is Cc1c(N)cccc1CNC(=O)O. The summed E-state index contributed by atoms with van der Waals surface area (Å²) in [5, 5.41) is 10.7. The van der Waals surface area contributed by atoms with Gasteiger partial charge in [-0.25, -0.2) is 4.79 Å². The van der Waals surface area contributed by atoms with Crippen molar-refractivity contribution in [1.29, 1.82) is 0 Å². The van der Waals surface area contributed by atoms with Crippen molar-refractivity contribution in [1.82, 2.24) is 5.32 Å². The van der Waals surface area contributed by atoms with Gasteiger partial charge in [-0.2, -0.15) is 0 Å². The molecule has 1 aromatic carbocycles. The largest absolute Gasteiger partial charge is 0.465 e. The Bertz CT molecular complexity index is 323. The van der Waals surface area contributed by atoms with Crippen molar-refractivity contribution in [3.8, 4) is 0 Å². The summed E-state index contributed by atoms with van der Waals surface area (Å²) in [4.78, 5) is 10.2. The molecule has 0 aliphatic heterocycles. The van der Waals surface area contributed by atoms with Crippen LogP contribution in [-0.2, 0) is 6.54 Å². The van der Waals surface area contributed by atoms with Gasteiger partial charge in [0.1, 0.15) is 0 Å². The molecule has 0 aliphatic rings. The summed E-state index contributed by atoms with van der Waals surface area (Å²) in [5.74, 6) is 0. The number of carboxylic acid groups (broad SMARTS) is 1. The van der Waals surface area contributed by atoms with E-state index in [1.54, 1.807) is 12.1 Å². The Morgan fingerprint density at radius 1 is 1.62 bits per heavy atom. The molecule has 0 aromatic heterocycles. The zero-order valence-electron chi connectivity index (χ0n) is 7.37. The van der Waals surface area contributed by atoms with Gasteiger partial charge in [-0.15, -0.1) is 0 Å². The molecule has 0 atom stereocenters. The predicted octanol–water partition coefficient (Wildman–Crippen LogP) is 1.34. The molecule has 70 valence electrons. The molecule has 0 saturated carbocycles. The highest BCUT2D eigenvalue weighted by Gasteiger charge is 2.01. The van der Waals surface area contributed by atoms with Crippen LogP contribution in [0.5, 0.6) is 0 Å². The maximum Gasteiger partial charge on any atom is 0.404 e. The van der Waals surface area contributed by atoms with Crippen molar-refractivity contribution in [2.75, 3.05) is 5.73 Å². The minimum atomic E-state index is -1.03. The topological polar surface area (TPSA) is 75.3 Å². The fourth-order valence-corrected chi connectivity index (χ4v) is 1.07. The molecule has 1 rings (SSSR count). The number of nitrogens with two attached hydrogens (primary N) is 1. The van der Waals surface area contributed by atoms with E-state index in [4.69, 9.17) is 10.8 Å². The molecule has 4 nitrogen and oxygen atoms in total. The number of anilines is 1. The van der Waals surface area contributed by atoms with Crippen molar-refractivity contribution >= 4 is 11.8 Å². The van der Waals surface area contributed by atoms with E-state index in [0.29, 0.717) is 12.2 Å². The third-order valence-corrected chi connectivity index (χ3v) is 1.92. The van der Waals surface area contributed by atoms with E-state index < -0.39 is 6.09 Å². The highest BCUT2D eigenvalue weighted by Crippen LogP contribution is 2.14. The lowest BCUT2D eigenvalue weighted by atomic mass is 10.1. The molecule has 1 aromatic rings. The summed E-state index contributed by atoms with van der Waals surface area (Å²) >= 11 is 0. The van der Waals surface area contributed by atoms with Gasteiger partial charge in [0.25, 0.3) is 0 Å². The summed E-state index contributed by atoms with van der Waals surface area (Å²) in [7, 11) is 0. The Morgan fingerprint density at radius 3 is 2.92 bits per heavy atom. The maximum absolute atomic E-state index is 10.2. The van der Waals surface area contributed by atoms with E-state index in [-0.39, 0.29) is 0 Å². The van der Waals surface area contributed by atoms with Crippen LogP contribution in [0.15, 0.2) is 18.2 Å². The fourth-order valence-electron chi connectivity index (χ4n) is 1.07. The highest BCUT2D eigenvalue weighted by molar-refractivity contribution is 5.64. The van der Waals surface area contributed by atoms with Gasteiger partial charge in [-0.3, -0.25) is 0 Å². The van der Waals surface area contributed by atoms with E-state index in [1.165, 1.54) is 0 Å². The lowest BCUT2D eigenvalue weighted by molar-refractivity contribution is 0.194. The van der Waals surface area contributed by atoms with Gasteiger partial charge in [0.15, 0.2) is 0 Å². The Balaban J connectivity index is 2.77. The molecule has 0 unspecified atom stereocenters. The third-order valence-electron chi connectivity index (χ3n) is 1.92. The average Bonchev–Trinajstić information content (AvgIpc) is 2.07. The summed E-state index contributed by atoms with van der Waals surface area (Å²) < 4.78 is 0. The minimum absolute atomic E-state index is 0.298. The van der Waals surface area contributed by atoms with Crippen molar-refractivity contribution in [2.45, 2.75) is 13.5 Å². The van der Waals surface area contributed by atoms with Crippen LogP contribution < -0.4 is 11.1 Å². The Kier molecular flexibility index (Phi) is 2.74. The zero-order valence-corrected chi connectivity index (χ0v) is 7.37. The molecular weight excluding hydrogens is 168 g/mol. The van der Waals surface area contributed by atoms with Crippen LogP contribution >= 0.6 is 0 Å². The van der Waals surface area contributed by atoms with Gasteiger partial charge in [0.05, 0.1) is 0 Å². The second-order valence-corrected chi connectivity index (χ2v) is 2.79. The van der Waals surface area contributed by atoms with E-state index in [2.05, 4.69) is 5.32 Å². The second-order valence-electron chi connectivity index (χ2n) is 2.79. The number of nitrogen functional groups attached to an aromatic ring is 1. The van der Waals surface area contributed by atoms with Crippen LogP contribution in [0.2, 0.25) is 0 Å². The molecule has 0 heterocycles. The van der Waals surface area contributed by atoms with Crippen LogP contribution in [0.4, 0.5) is 10.5 Å². The summed E-state index contributed by atoms with van der Waals surface area (Å²) in [6.45, 7) is 2.17. The molecule has 0 aliphatic carbocycles. The first kappa shape index (κ1) is 9.38. The molecule has 0 bridgehead atoms. The van der Waals surface area contributed by atoms with Crippen molar-refractivity contribution in [2.24, 2.45) is 0 Å². The first-order chi connectivity index (χ1) is 6.11. The van der Waals surface area contributed by atoms with Gasteiger partial charge in [-0.1, -0.05) is 12.1 Å². The first-order valence-electron chi connectivity index (χ1n) is 3.92.